The minimum atomic E-state index is -3.42. The largest absolute Gasteiger partial charge is 0.399 e. The lowest BCUT2D eigenvalue weighted by Gasteiger charge is -2.13. The highest BCUT2D eigenvalue weighted by Gasteiger charge is 2.26. The van der Waals surface area contributed by atoms with Crippen LogP contribution in [0.4, 0.5) is 5.69 Å². The second-order valence-corrected chi connectivity index (χ2v) is 6.52. The van der Waals surface area contributed by atoms with Crippen molar-refractivity contribution in [3.05, 3.63) is 24.3 Å². The number of hydrogen-bond donors (Lipinski definition) is 2. The number of rotatable bonds is 3. The summed E-state index contributed by atoms with van der Waals surface area (Å²) in [5.41, 5.74) is 6.06. The maximum Gasteiger partial charge on any atom is 0.240 e. The molecule has 3 N–H and O–H groups in total. The van der Waals surface area contributed by atoms with Gasteiger partial charge in [0.25, 0.3) is 0 Å². The molecule has 1 fully saturated rings. The zero-order chi connectivity index (χ0) is 12.5. The fraction of sp³-hybridized carbons (Fsp3) is 0.500. The van der Waals surface area contributed by atoms with Crippen LogP contribution in [0.2, 0.25) is 0 Å². The van der Waals surface area contributed by atoms with Gasteiger partial charge in [-0.3, -0.25) is 0 Å². The molecular formula is C12H18N2O2S. The molecule has 0 amide bonds. The Hall–Kier alpha value is -1.07. The van der Waals surface area contributed by atoms with Crippen LogP contribution < -0.4 is 10.5 Å². The van der Waals surface area contributed by atoms with E-state index in [1.807, 2.05) is 0 Å². The Kier molecular flexibility index (Phi) is 3.40. The molecule has 2 rings (SSSR count). The van der Waals surface area contributed by atoms with Crippen LogP contribution in [0, 0.1) is 5.92 Å². The summed E-state index contributed by atoms with van der Waals surface area (Å²) in [6.07, 6.45) is 2.92. The Balaban J connectivity index is 2.14. The molecule has 1 aromatic rings. The maximum absolute atomic E-state index is 12.1. The second kappa shape index (κ2) is 4.66. The number of hydrogen-bond acceptors (Lipinski definition) is 3. The van der Waals surface area contributed by atoms with Crippen molar-refractivity contribution in [2.75, 3.05) is 5.73 Å². The third kappa shape index (κ3) is 2.98. The van der Waals surface area contributed by atoms with Crippen molar-refractivity contribution < 1.29 is 8.42 Å². The summed E-state index contributed by atoms with van der Waals surface area (Å²) in [6.45, 7) is 2.15. The summed E-state index contributed by atoms with van der Waals surface area (Å²) < 4.78 is 26.9. The molecule has 5 heteroatoms. The van der Waals surface area contributed by atoms with E-state index in [1.165, 1.54) is 6.07 Å². The topological polar surface area (TPSA) is 72.2 Å². The van der Waals surface area contributed by atoms with E-state index in [9.17, 15) is 8.42 Å². The van der Waals surface area contributed by atoms with Crippen LogP contribution in [0.3, 0.4) is 0 Å². The Bertz CT molecular complexity index is 499. The lowest BCUT2D eigenvalue weighted by molar-refractivity contribution is 0.538. The van der Waals surface area contributed by atoms with Crippen molar-refractivity contribution in [3.8, 4) is 0 Å². The number of nitrogen functional groups attached to an aromatic ring is 1. The molecule has 1 saturated carbocycles. The third-order valence-electron chi connectivity index (χ3n) is 3.19. The van der Waals surface area contributed by atoms with Crippen molar-refractivity contribution in [2.45, 2.75) is 37.1 Å². The molecule has 1 aromatic carbocycles. The predicted molar refractivity (Wildman–Crippen MR) is 68.0 cm³/mol. The van der Waals surface area contributed by atoms with Crippen LogP contribution in [0.15, 0.2) is 29.2 Å². The highest BCUT2D eigenvalue weighted by Crippen LogP contribution is 2.26. The zero-order valence-corrected chi connectivity index (χ0v) is 10.7. The molecule has 2 atom stereocenters. The van der Waals surface area contributed by atoms with Gasteiger partial charge in [0, 0.05) is 11.7 Å². The van der Waals surface area contributed by atoms with Crippen molar-refractivity contribution in [2.24, 2.45) is 5.92 Å². The van der Waals surface area contributed by atoms with Gasteiger partial charge in [-0.1, -0.05) is 13.0 Å². The van der Waals surface area contributed by atoms with E-state index < -0.39 is 10.0 Å². The standard InChI is InChI=1S/C12H18N2O2S/c1-9-5-6-11(7-9)14-17(15,16)12-4-2-3-10(13)8-12/h2-4,8-9,11,14H,5-7,13H2,1H3. The molecular weight excluding hydrogens is 236 g/mol. The van der Waals surface area contributed by atoms with E-state index in [2.05, 4.69) is 11.6 Å². The molecule has 17 heavy (non-hydrogen) atoms. The van der Waals surface area contributed by atoms with Gasteiger partial charge in [-0.15, -0.1) is 0 Å². The molecule has 4 nitrogen and oxygen atoms in total. The van der Waals surface area contributed by atoms with E-state index in [1.54, 1.807) is 18.2 Å². The highest BCUT2D eigenvalue weighted by atomic mass is 32.2. The van der Waals surface area contributed by atoms with Crippen LogP contribution in [-0.4, -0.2) is 14.5 Å². The summed E-state index contributed by atoms with van der Waals surface area (Å²) in [5.74, 6) is 0.601. The van der Waals surface area contributed by atoms with Gasteiger partial charge in [-0.2, -0.15) is 0 Å². The van der Waals surface area contributed by atoms with Crippen LogP contribution >= 0.6 is 0 Å². The summed E-state index contributed by atoms with van der Waals surface area (Å²) in [6, 6.07) is 6.45. The molecule has 0 spiro atoms. The third-order valence-corrected chi connectivity index (χ3v) is 4.70. The monoisotopic (exact) mass is 254 g/mol. The van der Waals surface area contributed by atoms with Gasteiger partial charge in [0.1, 0.15) is 0 Å². The normalized spacial score (nSPS) is 25.0. The van der Waals surface area contributed by atoms with Crippen molar-refractivity contribution in [1.29, 1.82) is 0 Å². The lowest BCUT2D eigenvalue weighted by Crippen LogP contribution is -2.32. The number of benzene rings is 1. The molecule has 0 aliphatic heterocycles. The number of nitrogens with one attached hydrogen (secondary N) is 1. The van der Waals surface area contributed by atoms with E-state index in [0.29, 0.717) is 11.6 Å². The predicted octanol–water partition coefficient (Wildman–Crippen LogP) is 1.74. The minimum absolute atomic E-state index is 0.0661. The zero-order valence-electron chi connectivity index (χ0n) is 9.89. The van der Waals surface area contributed by atoms with Gasteiger partial charge in [-0.25, -0.2) is 13.1 Å². The van der Waals surface area contributed by atoms with E-state index >= 15 is 0 Å². The first-order valence-corrected chi connectivity index (χ1v) is 7.33. The number of sulfonamides is 1. The average molecular weight is 254 g/mol. The summed E-state index contributed by atoms with van der Waals surface area (Å²) in [4.78, 5) is 0.247. The van der Waals surface area contributed by atoms with Crippen LogP contribution in [0.1, 0.15) is 26.2 Å². The van der Waals surface area contributed by atoms with Gasteiger partial charge in [-0.05, 0) is 43.4 Å². The van der Waals surface area contributed by atoms with Crippen LogP contribution in [-0.2, 0) is 10.0 Å². The van der Waals surface area contributed by atoms with Gasteiger partial charge < -0.3 is 5.73 Å². The molecule has 0 radical (unpaired) electrons. The van der Waals surface area contributed by atoms with Crippen molar-refractivity contribution in [3.63, 3.8) is 0 Å². The quantitative estimate of drug-likeness (QED) is 0.807. The average Bonchev–Trinajstić information content (AvgIpc) is 2.63. The second-order valence-electron chi connectivity index (χ2n) is 4.81. The Morgan fingerprint density at radius 1 is 1.35 bits per heavy atom. The maximum atomic E-state index is 12.1. The smallest absolute Gasteiger partial charge is 0.240 e. The fourth-order valence-corrected chi connectivity index (χ4v) is 3.62. The Morgan fingerprint density at radius 2 is 2.12 bits per heavy atom. The van der Waals surface area contributed by atoms with E-state index in [-0.39, 0.29) is 10.9 Å². The number of nitrogens with two attached hydrogens (primary N) is 1. The SMILES string of the molecule is CC1CCC(NS(=O)(=O)c2cccc(N)c2)C1. The summed E-state index contributed by atoms with van der Waals surface area (Å²) >= 11 is 0. The van der Waals surface area contributed by atoms with Gasteiger partial charge in [0.15, 0.2) is 0 Å². The highest BCUT2D eigenvalue weighted by molar-refractivity contribution is 7.89. The summed E-state index contributed by atoms with van der Waals surface area (Å²) in [5, 5.41) is 0. The van der Waals surface area contributed by atoms with E-state index in [0.717, 1.165) is 19.3 Å². The molecule has 0 bridgehead atoms. The summed E-state index contributed by atoms with van der Waals surface area (Å²) in [7, 11) is -3.42. The Morgan fingerprint density at radius 3 is 2.71 bits per heavy atom. The van der Waals surface area contributed by atoms with Crippen LogP contribution in [0.5, 0.6) is 0 Å². The first-order valence-electron chi connectivity index (χ1n) is 5.85. The molecule has 0 heterocycles. The van der Waals surface area contributed by atoms with Gasteiger partial charge in [0.2, 0.25) is 10.0 Å². The minimum Gasteiger partial charge on any atom is -0.399 e. The van der Waals surface area contributed by atoms with Crippen LogP contribution in [0.25, 0.3) is 0 Å². The Labute approximate surface area is 102 Å². The first-order chi connectivity index (χ1) is 7.97. The van der Waals surface area contributed by atoms with Gasteiger partial charge in [0.05, 0.1) is 4.90 Å². The molecule has 1 aliphatic carbocycles. The van der Waals surface area contributed by atoms with Crippen molar-refractivity contribution >= 4 is 15.7 Å². The number of anilines is 1. The fourth-order valence-electron chi connectivity index (χ4n) is 2.28. The molecule has 2 unspecified atom stereocenters. The van der Waals surface area contributed by atoms with E-state index in [4.69, 9.17) is 5.73 Å². The molecule has 0 saturated heterocycles. The molecule has 94 valence electrons. The van der Waals surface area contributed by atoms with Crippen molar-refractivity contribution in [1.82, 2.24) is 4.72 Å². The molecule has 1 aliphatic rings. The first kappa shape index (κ1) is 12.4. The molecule has 0 aromatic heterocycles. The van der Waals surface area contributed by atoms with Gasteiger partial charge >= 0.3 is 0 Å². The lowest BCUT2D eigenvalue weighted by atomic mass is 10.1.